The van der Waals surface area contributed by atoms with Crippen molar-refractivity contribution in [3.63, 3.8) is 0 Å². The molecule has 1 rings (SSSR count). The first-order valence-electron chi connectivity index (χ1n) is 4.14. The lowest BCUT2D eigenvalue weighted by Gasteiger charge is -2.13. The van der Waals surface area contributed by atoms with E-state index in [0.717, 1.165) is 0 Å². The fraction of sp³-hybridized carbons (Fsp3) is 0.857. The molecule has 1 amide bonds. The number of hydrogen-bond acceptors (Lipinski definition) is 3. The highest BCUT2D eigenvalue weighted by molar-refractivity contribution is 9.10. The average molecular weight is 273 g/mol. The molecular weight excluding hydrogens is 262 g/mol. The van der Waals surface area contributed by atoms with E-state index in [0.29, 0.717) is 6.54 Å². The van der Waals surface area contributed by atoms with Crippen LogP contribution in [0, 0.1) is 0 Å². The Kier molecular flexibility index (Phi) is 3.79. The fourth-order valence-electron chi connectivity index (χ4n) is 1.23. The third-order valence-corrected chi connectivity index (χ3v) is 2.17. The molecule has 14 heavy (non-hydrogen) atoms. The van der Waals surface area contributed by atoms with Crippen molar-refractivity contribution in [2.45, 2.75) is 23.4 Å². The van der Waals surface area contributed by atoms with Crippen molar-refractivity contribution < 1.29 is 18.7 Å². The van der Waals surface area contributed by atoms with Crippen LogP contribution >= 0.6 is 15.9 Å². The largest absolute Gasteiger partial charge is 0.392 e. The Labute approximate surface area is 88.2 Å². The monoisotopic (exact) mass is 272 g/mol. The first kappa shape index (κ1) is 11.8. The van der Waals surface area contributed by atoms with Crippen molar-refractivity contribution in [2.75, 3.05) is 13.1 Å². The summed E-state index contributed by atoms with van der Waals surface area (Å²) in [5, 5.41) is 13.9. The number of rotatable bonds is 3. The van der Waals surface area contributed by atoms with Crippen LogP contribution in [0.25, 0.3) is 0 Å². The quantitative estimate of drug-likeness (QED) is 0.625. The maximum absolute atomic E-state index is 12.3. The smallest absolute Gasteiger partial charge is 0.318 e. The van der Waals surface area contributed by atoms with Crippen molar-refractivity contribution in [3.8, 4) is 0 Å². The molecule has 7 heteroatoms. The number of aliphatic hydroxyl groups is 1. The Balaban J connectivity index is 2.29. The second-order valence-electron chi connectivity index (χ2n) is 3.18. The van der Waals surface area contributed by atoms with E-state index in [1.807, 2.05) is 0 Å². The summed E-state index contributed by atoms with van der Waals surface area (Å²) < 4.78 is 24.6. The van der Waals surface area contributed by atoms with Gasteiger partial charge in [0, 0.05) is 6.54 Å². The normalized spacial score (nSPS) is 27.7. The van der Waals surface area contributed by atoms with Gasteiger partial charge in [-0.25, -0.2) is 0 Å². The topological polar surface area (TPSA) is 61.4 Å². The summed E-state index contributed by atoms with van der Waals surface area (Å²) in [5.41, 5.74) is 0. The SMILES string of the molecule is O=C(NCC(F)(F)Br)C1CC(O)CN1. The Morgan fingerprint density at radius 1 is 1.71 bits per heavy atom. The van der Waals surface area contributed by atoms with E-state index in [1.54, 1.807) is 0 Å². The Hall–Kier alpha value is -0.270. The molecule has 1 aliphatic rings. The van der Waals surface area contributed by atoms with Crippen LogP contribution in [-0.2, 0) is 4.79 Å². The molecule has 0 radical (unpaired) electrons. The van der Waals surface area contributed by atoms with Gasteiger partial charge in [-0.1, -0.05) is 0 Å². The van der Waals surface area contributed by atoms with Crippen LogP contribution in [-0.4, -0.2) is 41.1 Å². The molecular formula is C7H11BrF2N2O2. The van der Waals surface area contributed by atoms with Gasteiger partial charge in [0.25, 0.3) is 0 Å². The van der Waals surface area contributed by atoms with E-state index in [1.165, 1.54) is 0 Å². The number of amides is 1. The summed E-state index contributed by atoms with van der Waals surface area (Å²) in [4.78, 5) is 8.12. The van der Waals surface area contributed by atoms with Crippen LogP contribution in [0.4, 0.5) is 8.78 Å². The third kappa shape index (κ3) is 3.85. The summed E-state index contributed by atoms with van der Waals surface area (Å²) in [5.74, 6) is -0.513. The molecule has 0 aromatic carbocycles. The average Bonchev–Trinajstić information content (AvgIpc) is 2.46. The van der Waals surface area contributed by atoms with Gasteiger partial charge in [0.1, 0.15) is 0 Å². The molecule has 0 aromatic rings. The molecule has 0 spiro atoms. The maximum Gasteiger partial charge on any atom is 0.318 e. The number of β-amino-alcohol motifs (C(OH)–C–C–N with tert-alkyl or cyclic N) is 1. The molecule has 4 nitrogen and oxygen atoms in total. The number of carbonyl (C=O) groups excluding carboxylic acids is 1. The van der Waals surface area contributed by atoms with Gasteiger partial charge in [-0.15, -0.1) is 0 Å². The standard InChI is InChI=1S/C7H11BrF2N2O2/c8-7(9,10)3-12-6(14)5-1-4(13)2-11-5/h4-5,11,13H,1-3H2,(H,12,14). The second kappa shape index (κ2) is 4.50. The summed E-state index contributed by atoms with van der Waals surface area (Å²) in [6.45, 7) is -0.428. The van der Waals surface area contributed by atoms with Crippen LogP contribution in [0.3, 0.4) is 0 Å². The second-order valence-corrected chi connectivity index (χ2v) is 4.34. The Bertz CT molecular complexity index is 222. The van der Waals surface area contributed by atoms with Gasteiger partial charge in [0.05, 0.1) is 18.7 Å². The summed E-state index contributed by atoms with van der Waals surface area (Å²) in [7, 11) is 0. The Morgan fingerprint density at radius 3 is 2.79 bits per heavy atom. The summed E-state index contributed by atoms with van der Waals surface area (Å²) in [6.07, 6.45) is -0.310. The third-order valence-electron chi connectivity index (χ3n) is 1.89. The van der Waals surface area contributed by atoms with Gasteiger partial charge in [-0.05, 0) is 22.4 Å². The van der Waals surface area contributed by atoms with Crippen LogP contribution in [0.15, 0.2) is 0 Å². The molecule has 82 valence electrons. The van der Waals surface area contributed by atoms with E-state index in [9.17, 15) is 13.6 Å². The number of alkyl halides is 3. The zero-order chi connectivity index (χ0) is 10.8. The number of carbonyl (C=O) groups is 1. The highest BCUT2D eigenvalue weighted by Gasteiger charge is 2.30. The van der Waals surface area contributed by atoms with Gasteiger partial charge in [0.15, 0.2) is 0 Å². The molecule has 1 saturated heterocycles. The zero-order valence-corrected chi connectivity index (χ0v) is 8.85. The van der Waals surface area contributed by atoms with Gasteiger partial charge in [-0.2, -0.15) is 8.78 Å². The highest BCUT2D eigenvalue weighted by atomic mass is 79.9. The zero-order valence-electron chi connectivity index (χ0n) is 7.27. The molecule has 3 N–H and O–H groups in total. The van der Waals surface area contributed by atoms with E-state index >= 15 is 0 Å². The highest BCUT2D eigenvalue weighted by Crippen LogP contribution is 2.19. The minimum Gasteiger partial charge on any atom is -0.392 e. The lowest BCUT2D eigenvalue weighted by molar-refractivity contribution is -0.123. The van der Waals surface area contributed by atoms with Gasteiger partial charge < -0.3 is 15.7 Å². The molecule has 0 saturated carbocycles. The van der Waals surface area contributed by atoms with E-state index in [4.69, 9.17) is 5.11 Å². The summed E-state index contributed by atoms with van der Waals surface area (Å²) in [6, 6.07) is -0.570. The number of nitrogens with one attached hydrogen (secondary N) is 2. The van der Waals surface area contributed by atoms with Crippen LogP contribution in [0.1, 0.15) is 6.42 Å². The molecule has 2 atom stereocenters. The number of hydrogen-bond donors (Lipinski definition) is 3. The summed E-state index contributed by atoms with van der Waals surface area (Å²) >= 11 is 2.11. The van der Waals surface area contributed by atoms with Crippen molar-refractivity contribution in [1.29, 1.82) is 0 Å². The predicted octanol–water partition coefficient (Wildman–Crippen LogP) is -0.187. The molecule has 1 heterocycles. The van der Waals surface area contributed by atoms with E-state index in [2.05, 4.69) is 26.6 Å². The molecule has 0 aromatic heterocycles. The first-order valence-corrected chi connectivity index (χ1v) is 4.94. The minimum atomic E-state index is -3.08. The van der Waals surface area contributed by atoms with Gasteiger partial charge in [0.2, 0.25) is 5.91 Å². The van der Waals surface area contributed by atoms with Crippen molar-refractivity contribution in [1.82, 2.24) is 10.6 Å². The minimum absolute atomic E-state index is 0.264. The predicted molar refractivity (Wildman–Crippen MR) is 49.3 cm³/mol. The molecule has 1 fully saturated rings. The van der Waals surface area contributed by atoms with Crippen LogP contribution in [0.2, 0.25) is 0 Å². The molecule has 2 unspecified atom stereocenters. The fourth-order valence-corrected chi connectivity index (χ4v) is 1.37. The van der Waals surface area contributed by atoms with Crippen molar-refractivity contribution in [3.05, 3.63) is 0 Å². The maximum atomic E-state index is 12.3. The Morgan fingerprint density at radius 2 is 2.36 bits per heavy atom. The van der Waals surface area contributed by atoms with Gasteiger partial charge in [-0.3, -0.25) is 4.79 Å². The molecule has 0 bridgehead atoms. The molecule has 1 aliphatic heterocycles. The van der Waals surface area contributed by atoms with Crippen LogP contribution in [0.5, 0.6) is 0 Å². The van der Waals surface area contributed by atoms with Crippen molar-refractivity contribution in [2.24, 2.45) is 0 Å². The number of halogens is 3. The van der Waals surface area contributed by atoms with E-state index < -0.39 is 29.4 Å². The van der Waals surface area contributed by atoms with E-state index in [-0.39, 0.29) is 6.42 Å². The van der Waals surface area contributed by atoms with Crippen molar-refractivity contribution >= 4 is 21.8 Å². The molecule has 0 aliphatic carbocycles. The number of aliphatic hydroxyl groups excluding tert-OH is 1. The van der Waals surface area contributed by atoms with Gasteiger partial charge >= 0.3 is 4.83 Å². The first-order chi connectivity index (χ1) is 6.38. The van der Waals surface area contributed by atoms with Crippen LogP contribution < -0.4 is 10.6 Å². The lowest BCUT2D eigenvalue weighted by atomic mass is 10.2. The lowest BCUT2D eigenvalue weighted by Crippen LogP contribution is -2.43.